The van der Waals surface area contributed by atoms with Gasteiger partial charge in [0.2, 0.25) is 0 Å². The predicted molar refractivity (Wildman–Crippen MR) is 142 cm³/mol. The van der Waals surface area contributed by atoms with E-state index in [1.807, 2.05) is 48.7 Å². The maximum atomic E-state index is 4.56. The number of hydrogen-bond donors (Lipinski definition) is 0. The molecule has 1 radical (unpaired) electrons. The second-order valence-corrected chi connectivity index (χ2v) is 9.22. The van der Waals surface area contributed by atoms with Gasteiger partial charge in [-0.2, -0.15) is 0 Å². The van der Waals surface area contributed by atoms with Crippen LogP contribution in [0.5, 0.6) is 0 Å². The van der Waals surface area contributed by atoms with Crippen LogP contribution in [0, 0.1) is 19.1 Å². The summed E-state index contributed by atoms with van der Waals surface area (Å²) in [6, 6.07) is 33.9. The molecular weight excluding hydrogens is 617 g/mol. The first-order chi connectivity index (χ1) is 17.3. The van der Waals surface area contributed by atoms with Crippen molar-refractivity contribution in [3.8, 4) is 33.6 Å². The smallest absolute Gasteiger partial charge is 0.0163 e. The van der Waals surface area contributed by atoms with Crippen LogP contribution in [0.25, 0.3) is 33.6 Å². The van der Waals surface area contributed by atoms with E-state index in [0.29, 0.717) is 0 Å². The van der Waals surface area contributed by atoms with Crippen LogP contribution in [-0.4, -0.2) is 9.97 Å². The van der Waals surface area contributed by atoms with Crippen LogP contribution in [0.2, 0.25) is 0 Å². The summed E-state index contributed by atoms with van der Waals surface area (Å²) in [5.74, 6) is 0. The molecule has 0 saturated carbocycles. The van der Waals surface area contributed by atoms with Gasteiger partial charge in [0, 0.05) is 32.5 Å². The van der Waals surface area contributed by atoms with Crippen molar-refractivity contribution in [3.63, 3.8) is 0 Å². The normalized spacial score (nSPS) is 12.5. The maximum Gasteiger partial charge on any atom is 0.0163 e. The van der Waals surface area contributed by atoms with E-state index in [1.165, 1.54) is 38.9 Å². The first kappa shape index (κ1) is 24.3. The molecule has 2 nitrogen and oxygen atoms in total. The van der Waals surface area contributed by atoms with Gasteiger partial charge >= 0.3 is 0 Å². The summed E-state index contributed by atoms with van der Waals surface area (Å²) in [7, 11) is 0. The van der Waals surface area contributed by atoms with E-state index in [-0.39, 0.29) is 20.1 Å². The largest absolute Gasteiger partial charge is 0.305 e. The summed E-state index contributed by atoms with van der Waals surface area (Å²) in [6.45, 7) is 2.12. The summed E-state index contributed by atoms with van der Waals surface area (Å²) in [5, 5.41) is 0. The quantitative estimate of drug-likeness (QED) is 0.190. The van der Waals surface area contributed by atoms with E-state index in [1.54, 1.807) is 6.20 Å². The van der Waals surface area contributed by atoms with Gasteiger partial charge in [-0.25, -0.2) is 0 Å². The second kappa shape index (κ2) is 10.7. The first-order valence-corrected chi connectivity index (χ1v) is 12.3. The zero-order chi connectivity index (χ0) is 23.6. The topological polar surface area (TPSA) is 25.8 Å². The molecule has 2 aliphatic carbocycles. The van der Waals surface area contributed by atoms with Crippen molar-refractivity contribution >= 4 is 0 Å². The van der Waals surface area contributed by atoms with Crippen LogP contribution < -0.4 is 0 Å². The summed E-state index contributed by atoms with van der Waals surface area (Å²) >= 11 is 0. The molecule has 36 heavy (non-hydrogen) atoms. The Balaban J connectivity index is 0.000000175. The summed E-state index contributed by atoms with van der Waals surface area (Å²) in [4.78, 5) is 8.78. The third kappa shape index (κ3) is 4.82. The van der Waals surface area contributed by atoms with Gasteiger partial charge in [-0.05, 0) is 67.3 Å². The molecule has 2 heterocycles. The van der Waals surface area contributed by atoms with Gasteiger partial charge in [0.15, 0.2) is 0 Å². The van der Waals surface area contributed by atoms with Gasteiger partial charge in [0.05, 0.1) is 0 Å². The van der Waals surface area contributed by atoms with Crippen molar-refractivity contribution in [2.45, 2.75) is 32.6 Å². The van der Waals surface area contributed by atoms with E-state index < -0.39 is 0 Å². The van der Waals surface area contributed by atoms with E-state index in [4.69, 9.17) is 0 Å². The van der Waals surface area contributed by atoms with E-state index in [2.05, 4.69) is 65.4 Å². The van der Waals surface area contributed by atoms with Crippen molar-refractivity contribution in [2.75, 3.05) is 0 Å². The molecule has 0 atom stereocenters. The Labute approximate surface area is 226 Å². The van der Waals surface area contributed by atoms with Crippen LogP contribution in [0.1, 0.15) is 27.8 Å². The Bertz CT molecular complexity index is 1410. The number of pyridine rings is 2. The van der Waals surface area contributed by atoms with Crippen LogP contribution in [0.15, 0.2) is 91.3 Å². The molecule has 7 rings (SSSR count). The average molecular weight is 643 g/mol. The Kier molecular flexibility index (Phi) is 7.23. The van der Waals surface area contributed by atoms with Gasteiger partial charge in [-0.3, -0.25) is 0 Å². The Morgan fingerprint density at radius 3 is 2.17 bits per heavy atom. The monoisotopic (exact) mass is 643 g/mol. The van der Waals surface area contributed by atoms with Crippen molar-refractivity contribution in [1.29, 1.82) is 0 Å². The van der Waals surface area contributed by atoms with Crippen LogP contribution in [0.4, 0.5) is 0 Å². The minimum absolute atomic E-state index is 0. The zero-order valence-corrected chi connectivity index (χ0v) is 22.6. The standard InChI is InChI=1S/C22H18N.C11H8N.Ir/c1-14-9-10-23-20(11-14)19-12-17-7-5-15-3-2-4-16-6-8-18(13-19)22(17)21(15)16;1-2-6-10(7-3-1)11-8-4-5-9-12-11;/h2-4,9-12H,5-8H2,1H3;1-6,8-9H;/q2*-1;. The Hall–Kier alpha value is -3.39. The first-order valence-electron chi connectivity index (χ1n) is 12.3. The number of benzene rings is 3. The number of hydrogen-bond acceptors (Lipinski definition) is 2. The molecule has 3 heteroatoms. The fourth-order valence-corrected chi connectivity index (χ4v) is 5.21. The van der Waals surface area contributed by atoms with E-state index >= 15 is 0 Å². The number of nitrogens with zero attached hydrogens (tertiary/aromatic N) is 2. The molecule has 0 amide bonds. The molecule has 179 valence electrons. The molecule has 0 spiro atoms. The molecule has 0 bridgehead atoms. The Morgan fingerprint density at radius 1 is 0.639 bits per heavy atom. The summed E-state index contributed by atoms with van der Waals surface area (Å²) in [5.41, 5.74) is 14.4. The van der Waals surface area contributed by atoms with Gasteiger partial charge in [-0.15, -0.1) is 64.7 Å². The molecule has 0 fully saturated rings. The van der Waals surface area contributed by atoms with Crippen LogP contribution >= 0.6 is 0 Å². The van der Waals surface area contributed by atoms with Crippen molar-refractivity contribution in [1.82, 2.24) is 9.97 Å². The van der Waals surface area contributed by atoms with Gasteiger partial charge in [0.1, 0.15) is 0 Å². The fourth-order valence-electron chi connectivity index (χ4n) is 5.21. The molecule has 5 aromatic rings. The van der Waals surface area contributed by atoms with E-state index in [0.717, 1.165) is 48.2 Å². The third-order valence-corrected chi connectivity index (χ3v) is 6.86. The van der Waals surface area contributed by atoms with Crippen molar-refractivity contribution in [2.24, 2.45) is 0 Å². The number of rotatable bonds is 2. The molecule has 0 N–H and O–H groups in total. The third-order valence-electron chi connectivity index (χ3n) is 6.86. The molecule has 3 aromatic carbocycles. The molecular formula is C33H26IrN2-2. The summed E-state index contributed by atoms with van der Waals surface area (Å²) in [6.07, 6.45) is 8.20. The predicted octanol–water partition coefficient (Wildman–Crippen LogP) is 7.27. The number of aryl methyl sites for hydroxylation is 5. The maximum absolute atomic E-state index is 4.56. The minimum atomic E-state index is 0. The SMILES string of the molecule is Cc1ccnc(-c2[c-]c3c4c(c2)CCc2cccc(c2-4)CC3)c1.[Ir].[c-]1ccccc1-c1ccccn1. The number of aromatic nitrogens is 2. The van der Waals surface area contributed by atoms with Crippen LogP contribution in [-0.2, 0) is 45.8 Å². The second-order valence-electron chi connectivity index (χ2n) is 9.22. The zero-order valence-electron chi connectivity index (χ0n) is 20.2. The molecule has 2 aliphatic rings. The van der Waals surface area contributed by atoms with E-state index in [9.17, 15) is 0 Å². The van der Waals surface area contributed by atoms with Gasteiger partial charge < -0.3 is 9.97 Å². The average Bonchev–Trinajstić information content (AvgIpc) is 2.93. The van der Waals surface area contributed by atoms with Crippen LogP contribution in [0.3, 0.4) is 0 Å². The molecule has 0 saturated heterocycles. The van der Waals surface area contributed by atoms with Crippen molar-refractivity contribution in [3.05, 3.63) is 131 Å². The molecule has 0 aliphatic heterocycles. The Morgan fingerprint density at radius 2 is 1.42 bits per heavy atom. The molecule has 0 unspecified atom stereocenters. The van der Waals surface area contributed by atoms with Gasteiger partial charge in [-0.1, -0.05) is 53.1 Å². The minimum Gasteiger partial charge on any atom is -0.305 e. The summed E-state index contributed by atoms with van der Waals surface area (Å²) < 4.78 is 0. The molecule has 2 aromatic heterocycles. The van der Waals surface area contributed by atoms with Crippen molar-refractivity contribution < 1.29 is 20.1 Å². The fraction of sp³-hybridized carbons (Fsp3) is 0.152. The van der Waals surface area contributed by atoms with Gasteiger partial charge in [0.25, 0.3) is 0 Å².